The summed E-state index contributed by atoms with van der Waals surface area (Å²) < 4.78 is 0.216. The van der Waals surface area contributed by atoms with Gasteiger partial charge >= 0.3 is 6.03 Å². The monoisotopic (exact) mass is 308 g/mol. The van der Waals surface area contributed by atoms with Crippen LogP contribution in [0.4, 0.5) is 10.5 Å². The van der Waals surface area contributed by atoms with Gasteiger partial charge in [0.15, 0.2) is 0 Å². The number of urea groups is 1. The molecule has 0 radical (unpaired) electrons. The quantitative estimate of drug-likeness (QED) is 0.779. The van der Waals surface area contributed by atoms with E-state index < -0.39 is 6.10 Å². The Hall–Kier alpha value is -1.20. The van der Waals surface area contributed by atoms with Crippen LogP contribution in [0, 0.1) is 0 Å². The Bertz CT molecular complexity index is 468. The maximum absolute atomic E-state index is 12.0. The van der Waals surface area contributed by atoms with Crippen LogP contribution in [0.25, 0.3) is 0 Å². The molecule has 2 rings (SSSR count). The molecule has 3 N–H and O–H groups in total. The van der Waals surface area contributed by atoms with E-state index in [2.05, 4.69) is 16.9 Å². The van der Waals surface area contributed by atoms with E-state index in [-0.39, 0.29) is 10.8 Å². The molecule has 21 heavy (non-hydrogen) atoms. The fourth-order valence-corrected chi connectivity index (χ4v) is 3.65. The zero-order valence-electron chi connectivity index (χ0n) is 12.7. The number of nitrogens with one attached hydrogen (secondary N) is 2. The second kappa shape index (κ2) is 7.18. The van der Waals surface area contributed by atoms with E-state index in [9.17, 15) is 9.90 Å². The molecule has 1 aromatic carbocycles. The number of carbonyl (C=O) groups is 1. The number of rotatable bonds is 5. The number of amides is 2. The normalized spacial score (nSPS) is 18.2. The van der Waals surface area contributed by atoms with Crippen LogP contribution in [0.2, 0.25) is 0 Å². The largest absolute Gasteiger partial charge is 0.389 e. The summed E-state index contributed by atoms with van der Waals surface area (Å²) in [6.45, 7) is 2.43. The van der Waals surface area contributed by atoms with E-state index in [0.29, 0.717) is 6.54 Å². The molecule has 0 spiro atoms. The summed E-state index contributed by atoms with van der Waals surface area (Å²) in [5.41, 5.74) is 1.58. The van der Waals surface area contributed by atoms with E-state index in [4.69, 9.17) is 0 Å². The predicted molar refractivity (Wildman–Crippen MR) is 88.8 cm³/mol. The molecule has 1 aromatic rings. The second-order valence-corrected chi connectivity index (χ2v) is 6.97. The van der Waals surface area contributed by atoms with Gasteiger partial charge in [-0.15, -0.1) is 0 Å². The third-order valence-electron chi connectivity index (χ3n) is 4.17. The molecule has 1 unspecified atom stereocenters. The van der Waals surface area contributed by atoms with Crippen molar-refractivity contribution in [1.29, 1.82) is 0 Å². The number of thioether (sulfide) groups is 1. The standard InChI is InChI=1S/C16H24N2O2S/c1-12(19)13-5-7-14(8-6-13)18-15(20)17-11-16(21-2)9-3-4-10-16/h5-8,12,19H,3-4,9-11H2,1-2H3,(H2,17,18,20). The van der Waals surface area contributed by atoms with Crippen LogP contribution in [0.15, 0.2) is 24.3 Å². The first-order valence-electron chi connectivity index (χ1n) is 7.43. The van der Waals surface area contributed by atoms with E-state index >= 15 is 0 Å². The minimum atomic E-state index is -0.489. The Balaban J connectivity index is 1.84. The van der Waals surface area contributed by atoms with Crippen molar-refractivity contribution in [3.8, 4) is 0 Å². The maximum atomic E-state index is 12.0. The number of aliphatic hydroxyl groups is 1. The summed E-state index contributed by atoms with van der Waals surface area (Å²) in [6, 6.07) is 7.09. The van der Waals surface area contributed by atoms with Gasteiger partial charge in [0.05, 0.1) is 6.10 Å². The first-order valence-corrected chi connectivity index (χ1v) is 8.65. The van der Waals surface area contributed by atoms with Gasteiger partial charge in [0.1, 0.15) is 0 Å². The molecular weight excluding hydrogens is 284 g/mol. The molecule has 1 aliphatic rings. The molecule has 0 saturated heterocycles. The molecule has 1 fully saturated rings. The van der Waals surface area contributed by atoms with Crippen LogP contribution < -0.4 is 10.6 Å². The van der Waals surface area contributed by atoms with Crippen molar-refractivity contribution in [3.05, 3.63) is 29.8 Å². The lowest BCUT2D eigenvalue weighted by Gasteiger charge is -2.26. The van der Waals surface area contributed by atoms with Crippen molar-refractivity contribution in [2.75, 3.05) is 18.1 Å². The SMILES string of the molecule is CSC1(CNC(=O)Nc2ccc(C(C)O)cc2)CCCC1. The maximum Gasteiger partial charge on any atom is 0.319 e. The number of carbonyl (C=O) groups excluding carboxylic acids is 1. The van der Waals surface area contributed by atoms with Crippen LogP contribution in [-0.4, -0.2) is 28.7 Å². The Morgan fingerprint density at radius 2 is 1.95 bits per heavy atom. The topological polar surface area (TPSA) is 61.4 Å². The van der Waals surface area contributed by atoms with Crippen LogP contribution in [0.1, 0.15) is 44.3 Å². The van der Waals surface area contributed by atoms with Crippen molar-refractivity contribution >= 4 is 23.5 Å². The fraction of sp³-hybridized carbons (Fsp3) is 0.562. The number of hydrogen-bond acceptors (Lipinski definition) is 3. The smallest absolute Gasteiger partial charge is 0.319 e. The van der Waals surface area contributed by atoms with Gasteiger partial charge in [0.2, 0.25) is 0 Å². The van der Waals surface area contributed by atoms with Gasteiger partial charge in [-0.1, -0.05) is 25.0 Å². The Kier molecular flexibility index (Phi) is 5.53. The molecule has 5 heteroatoms. The third kappa shape index (κ3) is 4.38. The lowest BCUT2D eigenvalue weighted by atomic mass is 10.1. The van der Waals surface area contributed by atoms with Gasteiger partial charge in [-0.25, -0.2) is 4.79 Å². The summed E-state index contributed by atoms with van der Waals surface area (Å²) in [6.07, 6.45) is 6.50. The minimum absolute atomic E-state index is 0.167. The summed E-state index contributed by atoms with van der Waals surface area (Å²) >= 11 is 1.86. The van der Waals surface area contributed by atoms with Crippen LogP contribution in [0.5, 0.6) is 0 Å². The second-order valence-electron chi connectivity index (χ2n) is 5.70. The summed E-state index contributed by atoms with van der Waals surface area (Å²) in [7, 11) is 0. The number of hydrogen-bond donors (Lipinski definition) is 3. The highest BCUT2D eigenvalue weighted by atomic mass is 32.2. The number of aliphatic hydroxyl groups excluding tert-OH is 1. The molecule has 0 aliphatic heterocycles. The fourth-order valence-electron chi connectivity index (χ4n) is 2.73. The molecule has 1 aliphatic carbocycles. The highest BCUT2D eigenvalue weighted by Crippen LogP contribution is 2.39. The van der Waals surface area contributed by atoms with E-state index in [0.717, 1.165) is 11.3 Å². The summed E-state index contributed by atoms with van der Waals surface area (Å²) in [5.74, 6) is 0. The molecule has 4 nitrogen and oxygen atoms in total. The van der Waals surface area contributed by atoms with Crippen molar-refractivity contribution in [2.24, 2.45) is 0 Å². The lowest BCUT2D eigenvalue weighted by Crippen LogP contribution is -2.40. The number of benzene rings is 1. The van der Waals surface area contributed by atoms with Crippen molar-refractivity contribution in [3.63, 3.8) is 0 Å². The number of anilines is 1. The highest BCUT2D eigenvalue weighted by Gasteiger charge is 2.33. The van der Waals surface area contributed by atoms with Gasteiger partial charge in [-0.05, 0) is 43.7 Å². The van der Waals surface area contributed by atoms with Crippen LogP contribution in [-0.2, 0) is 0 Å². The third-order valence-corrected chi connectivity index (χ3v) is 5.59. The Morgan fingerprint density at radius 1 is 1.33 bits per heavy atom. The van der Waals surface area contributed by atoms with E-state index in [1.807, 2.05) is 36.0 Å². The summed E-state index contributed by atoms with van der Waals surface area (Å²) in [4.78, 5) is 12.0. The zero-order valence-corrected chi connectivity index (χ0v) is 13.5. The van der Waals surface area contributed by atoms with Crippen LogP contribution >= 0.6 is 11.8 Å². The van der Waals surface area contributed by atoms with Gasteiger partial charge in [0, 0.05) is 17.0 Å². The first-order chi connectivity index (χ1) is 10.0. The molecule has 0 aromatic heterocycles. The molecular formula is C16H24N2O2S. The average Bonchev–Trinajstić information content (AvgIpc) is 2.95. The van der Waals surface area contributed by atoms with Crippen molar-refractivity contribution < 1.29 is 9.90 Å². The zero-order chi connectivity index (χ0) is 15.3. The van der Waals surface area contributed by atoms with Gasteiger partial charge in [0.25, 0.3) is 0 Å². The summed E-state index contributed by atoms with van der Waals surface area (Å²) in [5, 5.41) is 15.3. The van der Waals surface area contributed by atoms with Crippen molar-refractivity contribution in [2.45, 2.75) is 43.5 Å². The van der Waals surface area contributed by atoms with E-state index in [1.165, 1.54) is 25.7 Å². The van der Waals surface area contributed by atoms with Gasteiger partial charge in [-0.3, -0.25) is 0 Å². The first kappa shape index (κ1) is 16.2. The molecule has 116 valence electrons. The molecule has 1 atom stereocenters. The average molecular weight is 308 g/mol. The molecule has 2 amide bonds. The van der Waals surface area contributed by atoms with Gasteiger partial charge < -0.3 is 15.7 Å². The highest BCUT2D eigenvalue weighted by molar-refractivity contribution is 8.00. The van der Waals surface area contributed by atoms with E-state index in [1.54, 1.807) is 6.92 Å². The predicted octanol–water partition coefficient (Wildman–Crippen LogP) is 3.54. The molecule has 1 saturated carbocycles. The Labute approximate surface area is 130 Å². The van der Waals surface area contributed by atoms with Crippen LogP contribution in [0.3, 0.4) is 0 Å². The molecule has 0 bridgehead atoms. The lowest BCUT2D eigenvalue weighted by molar-refractivity contribution is 0.199. The van der Waals surface area contributed by atoms with Crippen molar-refractivity contribution in [1.82, 2.24) is 5.32 Å². The minimum Gasteiger partial charge on any atom is -0.389 e. The molecule has 0 heterocycles. The Morgan fingerprint density at radius 3 is 2.48 bits per heavy atom. The van der Waals surface area contributed by atoms with Gasteiger partial charge in [-0.2, -0.15) is 11.8 Å².